The lowest BCUT2D eigenvalue weighted by Crippen LogP contribution is -2.61. The highest BCUT2D eigenvalue weighted by atomic mass is 32.2. The number of amides is 3. The highest BCUT2D eigenvalue weighted by Crippen LogP contribution is 2.33. The second-order valence-corrected chi connectivity index (χ2v) is 6.59. The predicted molar refractivity (Wildman–Crippen MR) is 86.7 cm³/mol. The normalized spacial score (nSPS) is 20.2. The zero-order chi connectivity index (χ0) is 16.7. The Morgan fingerprint density at radius 2 is 2.00 bits per heavy atom. The van der Waals surface area contributed by atoms with E-state index in [4.69, 9.17) is 9.47 Å². The summed E-state index contributed by atoms with van der Waals surface area (Å²) in [5.74, 6) is 1.25. The third-order valence-corrected chi connectivity index (χ3v) is 4.97. The van der Waals surface area contributed by atoms with E-state index in [-0.39, 0.29) is 35.6 Å². The molecule has 4 rings (SSSR count). The predicted octanol–water partition coefficient (Wildman–Crippen LogP) is 1.33. The van der Waals surface area contributed by atoms with Crippen molar-refractivity contribution in [1.29, 1.82) is 0 Å². The maximum Gasteiger partial charge on any atom is 0.289 e. The van der Waals surface area contributed by atoms with Gasteiger partial charge in [0.25, 0.3) is 5.24 Å². The molecule has 24 heavy (non-hydrogen) atoms. The Morgan fingerprint density at radius 1 is 1.21 bits per heavy atom. The van der Waals surface area contributed by atoms with Crippen molar-refractivity contribution in [3.8, 4) is 11.5 Å². The standard InChI is InChI=1S/C16H14N2O5S/c19-14(4-2-10-1-3-12-13(5-10)23-9-22-12)17-6-11(7-17)18-15(20)8-24-16(18)21/h1-5,11H,6-9H2/b4-2+. The number of rotatable bonds is 3. The van der Waals surface area contributed by atoms with Gasteiger partial charge < -0.3 is 14.4 Å². The van der Waals surface area contributed by atoms with Crippen LogP contribution in [0.2, 0.25) is 0 Å². The van der Waals surface area contributed by atoms with E-state index in [1.54, 1.807) is 17.0 Å². The van der Waals surface area contributed by atoms with E-state index in [0.29, 0.717) is 24.6 Å². The van der Waals surface area contributed by atoms with Crippen LogP contribution < -0.4 is 9.47 Å². The molecule has 3 heterocycles. The Labute approximate surface area is 142 Å². The Balaban J connectivity index is 1.34. The average molecular weight is 346 g/mol. The van der Waals surface area contributed by atoms with Crippen LogP contribution in [0.1, 0.15) is 5.56 Å². The first kappa shape index (κ1) is 15.1. The van der Waals surface area contributed by atoms with Crippen LogP contribution >= 0.6 is 11.8 Å². The van der Waals surface area contributed by atoms with Gasteiger partial charge in [-0.25, -0.2) is 0 Å². The quantitative estimate of drug-likeness (QED) is 0.769. The van der Waals surface area contributed by atoms with E-state index in [0.717, 1.165) is 17.3 Å². The lowest BCUT2D eigenvalue weighted by atomic mass is 10.1. The molecule has 0 atom stereocenters. The number of likely N-dealkylation sites (tertiary alicyclic amines) is 1. The molecule has 3 amide bonds. The summed E-state index contributed by atoms with van der Waals surface area (Å²) in [6.45, 7) is 0.994. The minimum absolute atomic E-state index is 0.143. The molecule has 124 valence electrons. The number of ether oxygens (including phenoxy) is 2. The minimum Gasteiger partial charge on any atom is -0.454 e. The number of benzene rings is 1. The van der Waals surface area contributed by atoms with E-state index in [2.05, 4.69) is 0 Å². The first-order valence-electron chi connectivity index (χ1n) is 7.47. The molecule has 3 aliphatic rings. The van der Waals surface area contributed by atoms with Crippen molar-refractivity contribution in [3.05, 3.63) is 29.8 Å². The zero-order valence-electron chi connectivity index (χ0n) is 12.6. The van der Waals surface area contributed by atoms with Crippen molar-refractivity contribution in [2.24, 2.45) is 0 Å². The lowest BCUT2D eigenvalue weighted by Gasteiger charge is -2.42. The molecule has 0 aromatic heterocycles. The number of carbonyl (C=O) groups excluding carboxylic acids is 3. The molecule has 3 aliphatic heterocycles. The topological polar surface area (TPSA) is 76.2 Å². The van der Waals surface area contributed by atoms with Crippen LogP contribution in [-0.2, 0) is 9.59 Å². The first-order chi connectivity index (χ1) is 11.6. The van der Waals surface area contributed by atoms with E-state index < -0.39 is 0 Å². The van der Waals surface area contributed by atoms with Crippen molar-refractivity contribution in [1.82, 2.24) is 9.80 Å². The van der Waals surface area contributed by atoms with Gasteiger partial charge in [0.05, 0.1) is 11.8 Å². The largest absolute Gasteiger partial charge is 0.454 e. The number of nitrogens with zero attached hydrogens (tertiary/aromatic N) is 2. The molecule has 2 saturated heterocycles. The van der Waals surface area contributed by atoms with Gasteiger partial charge in [0.2, 0.25) is 18.6 Å². The van der Waals surface area contributed by atoms with E-state index in [1.165, 1.54) is 11.0 Å². The second kappa shape index (κ2) is 5.86. The average Bonchev–Trinajstić information content (AvgIpc) is 3.12. The summed E-state index contributed by atoms with van der Waals surface area (Å²) in [6, 6.07) is 5.26. The van der Waals surface area contributed by atoms with Gasteiger partial charge in [-0.05, 0) is 23.8 Å². The SMILES string of the molecule is O=C(/C=C/c1ccc2c(c1)OCO2)N1CC(N2C(=O)CSC2=O)C1. The Morgan fingerprint density at radius 3 is 2.75 bits per heavy atom. The van der Waals surface area contributed by atoms with Gasteiger partial charge in [0.15, 0.2) is 11.5 Å². The number of hydrogen-bond acceptors (Lipinski definition) is 6. The molecule has 1 aromatic carbocycles. The summed E-state index contributed by atoms with van der Waals surface area (Å²) in [7, 11) is 0. The van der Waals surface area contributed by atoms with Gasteiger partial charge in [-0.3, -0.25) is 19.3 Å². The third-order valence-electron chi connectivity index (χ3n) is 4.14. The fourth-order valence-corrected chi connectivity index (χ4v) is 3.58. The van der Waals surface area contributed by atoms with Gasteiger partial charge >= 0.3 is 0 Å². The number of imide groups is 1. The maximum atomic E-state index is 12.1. The van der Waals surface area contributed by atoms with Gasteiger partial charge in [-0.1, -0.05) is 17.8 Å². The summed E-state index contributed by atoms with van der Waals surface area (Å²) in [4.78, 5) is 38.3. The lowest BCUT2D eigenvalue weighted by molar-refractivity contribution is -0.138. The van der Waals surface area contributed by atoms with Crippen molar-refractivity contribution < 1.29 is 23.9 Å². The highest BCUT2D eigenvalue weighted by molar-refractivity contribution is 8.14. The van der Waals surface area contributed by atoms with E-state index in [1.807, 2.05) is 12.1 Å². The van der Waals surface area contributed by atoms with Crippen LogP contribution in [-0.4, -0.2) is 58.5 Å². The number of thioether (sulfide) groups is 1. The summed E-state index contributed by atoms with van der Waals surface area (Å²) < 4.78 is 10.5. The van der Waals surface area contributed by atoms with Crippen LogP contribution in [0.15, 0.2) is 24.3 Å². The summed E-state index contributed by atoms with van der Waals surface area (Å²) in [5.41, 5.74) is 0.839. The molecular formula is C16H14N2O5S. The van der Waals surface area contributed by atoms with Crippen LogP contribution in [0.25, 0.3) is 6.08 Å². The summed E-state index contributed by atoms with van der Waals surface area (Å²) in [6.07, 6.45) is 3.19. The zero-order valence-corrected chi connectivity index (χ0v) is 13.5. The smallest absolute Gasteiger partial charge is 0.289 e. The Bertz CT molecular complexity index is 741. The molecule has 2 fully saturated rings. The fourth-order valence-electron chi connectivity index (χ4n) is 2.81. The van der Waals surface area contributed by atoms with Gasteiger partial charge in [-0.15, -0.1) is 0 Å². The molecule has 0 unspecified atom stereocenters. The van der Waals surface area contributed by atoms with Crippen molar-refractivity contribution in [2.45, 2.75) is 6.04 Å². The van der Waals surface area contributed by atoms with Crippen LogP contribution in [0.3, 0.4) is 0 Å². The molecule has 0 radical (unpaired) electrons. The number of carbonyl (C=O) groups is 3. The van der Waals surface area contributed by atoms with Gasteiger partial charge in [-0.2, -0.15) is 0 Å². The van der Waals surface area contributed by atoms with Crippen molar-refractivity contribution in [2.75, 3.05) is 25.6 Å². The Hall–Kier alpha value is -2.48. The van der Waals surface area contributed by atoms with Gasteiger partial charge in [0.1, 0.15) is 0 Å². The summed E-state index contributed by atoms with van der Waals surface area (Å²) in [5, 5.41) is -0.215. The molecule has 0 N–H and O–H groups in total. The molecule has 0 saturated carbocycles. The van der Waals surface area contributed by atoms with E-state index >= 15 is 0 Å². The molecule has 8 heteroatoms. The van der Waals surface area contributed by atoms with Crippen LogP contribution in [0.4, 0.5) is 4.79 Å². The highest BCUT2D eigenvalue weighted by Gasteiger charge is 2.42. The molecule has 0 bridgehead atoms. The fraction of sp³-hybridized carbons (Fsp3) is 0.312. The first-order valence-corrected chi connectivity index (χ1v) is 8.46. The third kappa shape index (κ3) is 2.62. The molecule has 7 nitrogen and oxygen atoms in total. The Kier molecular flexibility index (Phi) is 3.68. The second-order valence-electron chi connectivity index (χ2n) is 5.66. The van der Waals surface area contributed by atoms with Crippen molar-refractivity contribution >= 4 is 34.9 Å². The van der Waals surface area contributed by atoms with Gasteiger partial charge in [0, 0.05) is 19.2 Å². The minimum atomic E-state index is -0.215. The van der Waals surface area contributed by atoms with Crippen LogP contribution in [0.5, 0.6) is 11.5 Å². The molecule has 1 aromatic rings. The number of fused-ring (bicyclic) bond motifs is 1. The van der Waals surface area contributed by atoms with Crippen molar-refractivity contribution in [3.63, 3.8) is 0 Å². The van der Waals surface area contributed by atoms with E-state index in [9.17, 15) is 14.4 Å². The molecule has 0 spiro atoms. The molecule has 0 aliphatic carbocycles. The summed E-state index contributed by atoms with van der Waals surface area (Å²) >= 11 is 1.02. The maximum absolute atomic E-state index is 12.1. The number of hydrogen-bond donors (Lipinski definition) is 0. The molecular weight excluding hydrogens is 332 g/mol. The monoisotopic (exact) mass is 346 g/mol. The van der Waals surface area contributed by atoms with Crippen LogP contribution in [0, 0.1) is 0 Å².